The molecule has 166 valence electrons. The molecule has 0 saturated carbocycles. The third kappa shape index (κ3) is 21.2. The van der Waals surface area contributed by atoms with Gasteiger partial charge in [0.2, 0.25) is 0 Å². The lowest BCUT2D eigenvalue weighted by Gasteiger charge is -2.08. The first-order chi connectivity index (χ1) is 13.6. The summed E-state index contributed by atoms with van der Waals surface area (Å²) in [5.41, 5.74) is 0. The van der Waals surface area contributed by atoms with Crippen molar-refractivity contribution in [2.75, 3.05) is 26.4 Å². The zero-order chi connectivity index (χ0) is 20.9. The maximum Gasteiger partial charge on any atom is 0.332 e. The molecule has 0 rings (SSSR count). The lowest BCUT2D eigenvalue weighted by atomic mass is 10.1. The van der Waals surface area contributed by atoms with Crippen LogP contribution in [0.2, 0.25) is 0 Å². The molecule has 0 amide bonds. The molecule has 0 unspecified atom stereocenters. The molecule has 0 aliphatic carbocycles. The first-order valence-corrected chi connectivity index (χ1v) is 11.4. The fraction of sp³-hybridized carbons (Fsp3) is 0.913. The van der Waals surface area contributed by atoms with Gasteiger partial charge in [-0.1, -0.05) is 91.4 Å². The lowest BCUT2D eigenvalue weighted by Crippen LogP contribution is -2.19. The van der Waals surface area contributed by atoms with Gasteiger partial charge in [-0.25, -0.2) is 9.59 Å². The summed E-state index contributed by atoms with van der Waals surface area (Å²) in [5, 5.41) is 0. The van der Waals surface area contributed by atoms with E-state index < -0.39 is 11.9 Å². The first kappa shape index (κ1) is 26.9. The van der Waals surface area contributed by atoms with E-state index in [1.165, 1.54) is 64.2 Å². The molecule has 5 nitrogen and oxygen atoms in total. The van der Waals surface area contributed by atoms with E-state index >= 15 is 0 Å². The van der Waals surface area contributed by atoms with Gasteiger partial charge in [0.1, 0.15) is 13.2 Å². The summed E-state index contributed by atoms with van der Waals surface area (Å²) in [5.74, 6) is -0.364. The molecule has 0 N–H and O–H groups in total. The molecule has 0 spiro atoms. The minimum atomic E-state index is -0.436. The number of ether oxygens (including phenoxy) is 3. The smallest absolute Gasteiger partial charge is 0.332 e. The van der Waals surface area contributed by atoms with E-state index in [2.05, 4.69) is 20.8 Å². The Morgan fingerprint density at radius 2 is 1.07 bits per heavy atom. The highest BCUT2D eigenvalue weighted by Gasteiger charge is 2.07. The van der Waals surface area contributed by atoms with Gasteiger partial charge in [0.25, 0.3) is 0 Å². The quantitative estimate of drug-likeness (QED) is 0.190. The van der Waals surface area contributed by atoms with Crippen LogP contribution in [0.4, 0.5) is 0 Å². The van der Waals surface area contributed by atoms with Gasteiger partial charge in [0, 0.05) is 0 Å². The summed E-state index contributed by atoms with van der Waals surface area (Å²) in [7, 11) is 0. The van der Waals surface area contributed by atoms with Gasteiger partial charge >= 0.3 is 11.9 Å². The number of rotatable bonds is 20. The molecular weight excluding hydrogens is 356 g/mol. The van der Waals surface area contributed by atoms with Crippen molar-refractivity contribution in [1.82, 2.24) is 0 Å². The minimum Gasteiger partial charge on any atom is -0.464 e. The summed E-state index contributed by atoms with van der Waals surface area (Å²) >= 11 is 0. The van der Waals surface area contributed by atoms with Gasteiger partial charge in [-0.2, -0.15) is 0 Å². The van der Waals surface area contributed by atoms with E-state index in [-0.39, 0.29) is 13.2 Å². The zero-order valence-corrected chi connectivity index (χ0v) is 18.6. The minimum absolute atomic E-state index is 0.197. The normalized spacial score (nSPS) is 11.0. The Kier molecular flexibility index (Phi) is 19.8. The summed E-state index contributed by atoms with van der Waals surface area (Å²) < 4.78 is 15.1. The van der Waals surface area contributed by atoms with Crippen LogP contribution < -0.4 is 0 Å². The molecular formula is C23H44O5. The van der Waals surface area contributed by atoms with Gasteiger partial charge in [0.15, 0.2) is 0 Å². The van der Waals surface area contributed by atoms with Gasteiger partial charge < -0.3 is 14.2 Å². The van der Waals surface area contributed by atoms with Crippen molar-refractivity contribution in [2.24, 2.45) is 5.92 Å². The maximum absolute atomic E-state index is 11.5. The molecule has 0 heterocycles. The molecule has 0 bridgehead atoms. The van der Waals surface area contributed by atoms with Crippen molar-refractivity contribution < 1.29 is 23.8 Å². The highest BCUT2D eigenvalue weighted by Crippen LogP contribution is 2.11. The highest BCUT2D eigenvalue weighted by atomic mass is 16.6. The molecule has 28 heavy (non-hydrogen) atoms. The molecule has 0 radical (unpaired) electrons. The summed E-state index contributed by atoms with van der Waals surface area (Å²) in [6.07, 6.45) is 16.2. The van der Waals surface area contributed by atoms with Crippen molar-refractivity contribution in [3.8, 4) is 0 Å². The predicted molar refractivity (Wildman–Crippen MR) is 113 cm³/mol. The third-order valence-electron chi connectivity index (χ3n) is 4.66. The lowest BCUT2D eigenvalue weighted by molar-refractivity contribution is -0.155. The van der Waals surface area contributed by atoms with Crippen molar-refractivity contribution in [2.45, 2.75) is 104 Å². The van der Waals surface area contributed by atoms with Crippen LogP contribution >= 0.6 is 0 Å². The Morgan fingerprint density at radius 1 is 0.643 bits per heavy atom. The largest absolute Gasteiger partial charge is 0.464 e. The van der Waals surface area contributed by atoms with Crippen LogP contribution in [0.15, 0.2) is 0 Å². The number of esters is 2. The van der Waals surface area contributed by atoms with E-state index in [4.69, 9.17) is 14.2 Å². The van der Waals surface area contributed by atoms with Crippen LogP contribution in [-0.2, 0) is 23.8 Å². The Morgan fingerprint density at radius 3 is 1.54 bits per heavy atom. The Hall–Kier alpha value is -1.10. The molecule has 0 aliphatic rings. The summed E-state index contributed by atoms with van der Waals surface area (Å²) in [6.45, 7) is 6.81. The van der Waals surface area contributed by atoms with Crippen molar-refractivity contribution in [3.63, 3.8) is 0 Å². The van der Waals surface area contributed by atoms with Crippen molar-refractivity contribution >= 4 is 11.9 Å². The van der Waals surface area contributed by atoms with Gasteiger partial charge in [-0.3, -0.25) is 0 Å². The summed E-state index contributed by atoms with van der Waals surface area (Å²) in [6, 6.07) is 0. The third-order valence-corrected chi connectivity index (χ3v) is 4.66. The van der Waals surface area contributed by atoms with Crippen molar-refractivity contribution in [3.05, 3.63) is 0 Å². The SMILES string of the molecule is CCCCCCCCCCCCCCOC(=O)COCC(=O)OCCC(C)C. The topological polar surface area (TPSA) is 61.8 Å². The van der Waals surface area contributed by atoms with E-state index in [9.17, 15) is 9.59 Å². The van der Waals surface area contributed by atoms with E-state index in [0.29, 0.717) is 19.1 Å². The number of carbonyl (C=O) groups is 2. The second-order valence-electron chi connectivity index (χ2n) is 8.01. The second-order valence-corrected chi connectivity index (χ2v) is 8.01. The van der Waals surface area contributed by atoms with Crippen LogP contribution in [0.5, 0.6) is 0 Å². The summed E-state index contributed by atoms with van der Waals surface area (Å²) in [4.78, 5) is 22.9. The highest BCUT2D eigenvalue weighted by molar-refractivity contribution is 5.73. The van der Waals surface area contributed by atoms with Crippen LogP contribution in [0, 0.1) is 5.92 Å². The van der Waals surface area contributed by atoms with E-state index in [1.54, 1.807) is 0 Å². The Labute approximate surface area is 172 Å². The van der Waals surface area contributed by atoms with Gasteiger partial charge in [0.05, 0.1) is 13.2 Å². The molecule has 0 aliphatic heterocycles. The molecule has 0 atom stereocenters. The molecule has 5 heteroatoms. The number of hydrogen-bond acceptors (Lipinski definition) is 5. The zero-order valence-electron chi connectivity index (χ0n) is 18.6. The van der Waals surface area contributed by atoms with Crippen LogP contribution in [0.3, 0.4) is 0 Å². The molecule has 0 aromatic rings. The van der Waals surface area contributed by atoms with Crippen LogP contribution in [-0.4, -0.2) is 38.4 Å². The first-order valence-electron chi connectivity index (χ1n) is 11.4. The van der Waals surface area contributed by atoms with Crippen molar-refractivity contribution in [1.29, 1.82) is 0 Å². The van der Waals surface area contributed by atoms with Gasteiger partial charge in [-0.15, -0.1) is 0 Å². The number of carbonyl (C=O) groups excluding carboxylic acids is 2. The van der Waals surface area contributed by atoms with Crippen LogP contribution in [0.1, 0.15) is 104 Å². The van der Waals surface area contributed by atoms with Crippen LogP contribution in [0.25, 0.3) is 0 Å². The fourth-order valence-electron chi connectivity index (χ4n) is 2.84. The number of hydrogen-bond donors (Lipinski definition) is 0. The average Bonchev–Trinajstić information content (AvgIpc) is 2.65. The Bertz CT molecular complexity index is 368. The number of unbranched alkanes of at least 4 members (excludes halogenated alkanes) is 11. The van der Waals surface area contributed by atoms with Gasteiger partial charge in [-0.05, 0) is 18.8 Å². The molecule has 0 aromatic carbocycles. The maximum atomic E-state index is 11.5. The molecule has 0 saturated heterocycles. The van der Waals surface area contributed by atoms with E-state index in [1.807, 2.05) is 0 Å². The fourth-order valence-corrected chi connectivity index (χ4v) is 2.84. The second kappa shape index (κ2) is 20.6. The monoisotopic (exact) mass is 400 g/mol. The van der Waals surface area contributed by atoms with E-state index in [0.717, 1.165) is 19.3 Å². The standard InChI is InChI=1S/C23H44O5/c1-4-5-6-7-8-9-10-11-12-13-14-15-17-27-22(24)19-26-20-23(25)28-18-16-21(2)3/h21H,4-20H2,1-3H3. The average molecular weight is 401 g/mol. The molecule has 0 aromatic heterocycles. The Balaban J connectivity index is 3.27. The predicted octanol–water partition coefficient (Wildman–Crippen LogP) is 5.84. The molecule has 0 fully saturated rings.